The van der Waals surface area contributed by atoms with Crippen molar-refractivity contribution in [3.63, 3.8) is 0 Å². The summed E-state index contributed by atoms with van der Waals surface area (Å²) in [5.74, 6) is -1.52. The van der Waals surface area contributed by atoms with Crippen LogP contribution >= 0.6 is 0 Å². The van der Waals surface area contributed by atoms with Crippen molar-refractivity contribution in [2.75, 3.05) is 19.7 Å². The number of alkyl halides is 3. The number of aryl methyl sites for hydroxylation is 1. The SMILES string of the molecule is Cc1ccc(C[C@@H]2CCCN2C[C@@H](O)CO[C@H](C)c2ccc(C(F)(F)F)cc2/C=C/C(=O)O)cc1F. The number of nitrogens with zero attached hydrogens (tertiary/aromatic N) is 1. The van der Waals surface area contributed by atoms with Gasteiger partial charge >= 0.3 is 12.1 Å². The van der Waals surface area contributed by atoms with E-state index in [0.29, 0.717) is 24.1 Å². The molecule has 0 aromatic heterocycles. The van der Waals surface area contributed by atoms with E-state index in [1.807, 2.05) is 6.07 Å². The summed E-state index contributed by atoms with van der Waals surface area (Å²) in [6.07, 6.45) is -1.64. The summed E-state index contributed by atoms with van der Waals surface area (Å²) in [5.41, 5.74) is 1.07. The average Bonchev–Trinajstić information content (AvgIpc) is 3.23. The number of rotatable bonds is 10. The van der Waals surface area contributed by atoms with Gasteiger partial charge in [0.05, 0.1) is 24.4 Å². The second-order valence-electron chi connectivity index (χ2n) is 9.22. The maximum absolute atomic E-state index is 13.9. The fourth-order valence-electron chi connectivity index (χ4n) is 4.50. The van der Waals surface area contributed by atoms with Gasteiger partial charge in [0.2, 0.25) is 0 Å². The van der Waals surface area contributed by atoms with E-state index >= 15 is 0 Å². The third-order valence-electron chi connectivity index (χ3n) is 6.45. The Morgan fingerprint density at radius 1 is 1.25 bits per heavy atom. The van der Waals surface area contributed by atoms with Gasteiger partial charge < -0.3 is 14.9 Å². The van der Waals surface area contributed by atoms with E-state index in [0.717, 1.165) is 49.2 Å². The number of β-amino-alcohol motifs (C(OH)–C–C–N with tert-alkyl or cyclic N) is 1. The minimum absolute atomic E-state index is 0.0490. The van der Waals surface area contributed by atoms with Crippen LogP contribution in [-0.2, 0) is 22.1 Å². The monoisotopic (exact) mass is 509 g/mol. The van der Waals surface area contributed by atoms with Gasteiger partial charge in [-0.05, 0) is 86.2 Å². The smallest absolute Gasteiger partial charge is 0.416 e. The second kappa shape index (κ2) is 12.0. The summed E-state index contributed by atoms with van der Waals surface area (Å²) >= 11 is 0. The third-order valence-corrected chi connectivity index (χ3v) is 6.45. The van der Waals surface area contributed by atoms with Crippen molar-refractivity contribution in [3.8, 4) is 0 Å². The Balaban J connectivity index is 1.61. The van der Waals surface area contributed by atoms with Crippen molar-refractivity contribution in [1.82, 2.24) is 4.90 Å². The highest BCUT2D eigenvalue weighted by Gasteiger charge is 2.31. The molecule has 5 nitrogen and oxygen atoms in total. The Morgan fingerprint density at radius 2 is 2.00 bits per heavy atom. The van der Waals surface area contributed by atoms with E-state index < -0.39 is 29.9 Å². The van der Waals surface area contributed by atoms with Crippen LogP contribution in [0.2, 0.25) is 0 Å². The standard InChI is InChI=1S/C27H31F4NO4/c1-17-5-6-19(13-25(17)28)12-22-4-3-11-32(22)15-23(33)16-36-18(2)24-9-8-21(27(29,30)31)14-20(24)7-10-26(34)35/h5-10,13-14,18,22-23,33H,3-4,11-12,15-16H2,1-2H3,(H,34,35)/b10-7+/t18-,22+,23-/m1/s1. The van der Waals surface area contributed by atoms with E-state index in [1.165, 1.54) is 6.07 Å². The lowest BCUT2D eigenvalue weighted by molar-refractivity contribution is -0.137. The number of benzene rings is 2. The minimum atomic E-state index is -4.57. The quantitative estimate of drug-likeness (QED) is 0.332. The number of aliphatic hydroxyl groups excluding tert-OH is 1. The van der Waals surface area contributed by atoms with E-state index in [-0.39, 0.29) is 24.0 Å². The predicted octanol–water partition coefficient (Wildman–Crippen LogP) is 5.40. The van der Waals surface area contributed by atoms with Crippen LogP contribution in [0.15, 0.2) is 42.5 Å². The largest absolute Gasteiger partial charge is 0.478 e. The topological polar surface area (TPSA) is 70.0 Å². The average molecular weight is 510 g/mol. The fourth-order valence-corrected chi connectivity index (χ4v) is 4.50. The third kappa shape index (κ3) is 7.62. The summed E-state index contributed by atoms with van der Waals surface area (Å²) in [7, 11) is 0. The molecule has 196 valence electrons. The number of hydrogen-bond acceptors (Lipinski definition) is 4. The van der Waals surface area contributed by atoms with Crippen LogP contribution in [0.4, 0.5) is 17.6 Å². The highest BCUT2D eigenvalue weighted by atomic mass is 19.4. The van der Waals surface area contributed by atoms with Crippen LogP contribution in [0.25, 0.3) is 6.08 Å². The zero-order chi connectivity index (χ0) is 26.5. The van der Waals surface area contributed by atoms with Gasteiger partial charge in [0, 0.05) is 18.7 Å². The molecular formula is C27H31F4NO4. The number of likely N-dealkylation sites (tertiary alicyclic amines) is 1. The number of carboxylic acid groups (broad SMARTS) is 1. The molecule has 1 aliphatic heterocycles. The van der Waals surface area contributed by atoms with Gasteiger partial charge in [0.1, 0.15) is 5.82 Å². The fraction of sp³-hybridized carbons (Fsp3) is 0.444. The van der Waals surface area contributed by atoms with Crippen LogP contribution in [0, 0.1) is 12.7 Å². The molecule has 2 aromatic carbocycles. The first-order valence-electron chi connectivity index (χ1n) is 11.8. The molecule has 3 rings (SSSR count). The Bertz CT molecular complexity index is 1090. The molecule has 2 aromatic rings. The van der Waals surface area contributed by atoms with Gasteiger partial charge in [-0.2, -0.15) is 13.2 Å². The van der Waals surface area contributed by atoms with Gasteiger partial charge in [0.15, 0.2) is 0 Å². The molecule has 2 N–H and O–H groups in total. The van der Waals surface area contributed by atoms with Crippen LogP contribution in [-0.4, -0.2) is 52.9 Å². The molecule has 0 amide bonds. The summed E-state index contributed by atoms with van der Waals surface area (Å²) in [6, 6.07) is 8.46. The molecule has 0 unspecified atom stereocenters. The maximum atomic E-state index is 13.9. The first kappa shape index (κ1) is 27.8. The molecule has 0 bridgehead atoms. The Kier molecular flexibility index (Phi) is 9.27. The molecule has 0 saturated carbocycles. The summed E-state index contributed by atoms with van der Waals surface area (Å²) < 4.78 is 59.1. The maximum Gasteiger partial charge on any atom is 0.416 e. The molecule has 9 heteroatoms. The van der Waals surface area contributed by atoms with Gasteiger partial charge in [-0.1, -0.05) is 18.2 Å². The van der Waals surface area contributed by atoms with Gasteiger partial charge in [-0.3, -0.25) is 4.90 Å². The van der Waals surface area contributed by atoms with Crippen molar-refractivity contribution < 1.29 is 37.3 Å². The van der Waals surface area contributed by atoms with Crippen molar-refractivity contribution >= 4 is 12.0 Å². The van der Waals surface area contributed by atoms with E-state index in [4.69, 9.17) is 9.84 Å². The van der Waals surface area contributed by atoms with Crippen molar-refractivity contribution in [3.05, 3.63) is 76.1 Å². The molecule has 1 fully saturated rings. The van der Waals surface area contributed by atoms with Crippen LogP contribution < -0.4 is 0 Å². The van der Waals surface area contributed by atoms with Gasteiger partial charge in [-0.25, -0.2) is 9.18 Å². The lowest BCUT2D eigenvalue weighted by atomic mass is 9.99. The van der Waals surface area contributed by atoms with Gasteiger partial charge in [-0.15, -0.1) is 0 Å². The van der Waals surface area contributed by atoms with Crippen molar-refractivity contribution in [2.45, 2.75) is 57.5 Å². The van der Waals surface area contributed by atoms with E-state index in [1.54, 1.807) is 26.0 Å². The molecular weight excluding hydrogens is 478 g/mol. The molecule has 0 radical (unpaired) electrons. The van der Waals surface area contributed by atoms with Crippen molar-refractivity contribution in [1.29, 1.82) is 0 Å². The predicted molar refractivity (Wildman–Crippen MR) is 128 cm³/mol. The van der Waals surface area contributed by atoms with Crippen molar-refractivity contribution in [2.24, 2.45) is 0 Å². The molecule has 1 saturated heterocycles. The molecule has 3 atom stereocenters. The summed E-state index contributed by atoms with van der Waals surface area (Å²) in [6.45, 7) is 4.46. The Morgan fingerprint density at radius 3 is 2.67 bits per heavy atom. The number of carbonyl (C=O) groups is 1. The van der Waals surface area contributed by atoms with Crippen LogP contribution in [0.1, 0.15) is 53.7 Å². The normalized spacial score (nSPS) is 18.6. The lowest BCUT2D eigenvalue weighted by Crippen LogP contribution is -2.39. The van der Waals surface area contributed by atoms with E-state index in [2.05, 4.69) is 4.90 Å². The van der Waals surface area contributed by atoms with Gasteiger partial charge in [0.25, 0.3) is 0 Å². The van der Waals surface area contributed by atoms with E-state index in [9.17, 15) is 27.5 Å². The summed E-state index contributed by atoms with van der Waals surface area (Å²) in [4.78, 5) is 13.0. The lowest BCUT2D eigenvalue weighted by Gasteiger charge is -2.27. The highest BCUT2D eigenvalue weighted by molar-refractivity contribution is 5.85. The van der Waals surface area contributed by atoms with Crippen LogP contribution in [0.5, 0.6) is 0 Å². The first-order valence-corrected chi connectivity index (χ1v) is 11.8. The molecule has 0 aliphatic carbocycles. The molecule has 1 heterocycles. The molecule has 0 spiro atoms. The zero-order valence-corrected chi connectivity index (χ0v) is 20.3. The molecule has 1 aliphatic rings. The number of ether oxygens (including phenoxy) is 1. The number of carboxylic acids is 1. The zero-order valence-electron chi connectivity index (χ0n) is 20.3. The second-order valence-corrected chi connectivity index (χ2v) is 9.22. The first-order chi connectivity index (χ1) is 16.9. The highest BCUT2D eigenvalue weighted by Crippen LogP contribution is 2.33. The molecule has 36 heavy (non-hydrogen) atoms. The summed E-state index contributed by atoms with van der Waals surface area (Å²) in [5, 5.41) is 19.5. The Labute approximate surface area is 208 Å². The number of hydrogen-bond donors (Lipinski definition) is 2. The number of aliphatic hydroxyl groups is 1. The number of halogens is 4. The van der Waals surface area contributed by atoms with Crippen LogP contribution in [0.3, 0.4) is 0 Å². The number of aliphatic carboxylic acids is 1. The Hall–Kier alpha value is -2.75. The minimum Gasteiger partial charge on any atom is -0.478 e.